The summed E-state index contributed by atoms with van der Waals surface area (Å²) < 4.78 is 0. The maximum absolute atomic E-state index is 11.6. The molecule has 3 nitrogen and oxygen atoms in total. The van der Waals surface area contributed by atoms with Crippen LogP contribution in [0.25, 0.3) is 6.08 Å². The highest BCUT2D eigenvalue weighted by Gasteiger charge is 2.03. The fraction of sp³-hybridized carbons (Fsp3) is 0.357. The summed E-state index contributed by atoms with van der Waals surface area (Å²) in [5.41, 5.74) is 7.28. The molecule has 0 heterocycles. The van der Waals surface area contributed by atoms with Crippen molar-refractivity contribution in [1.82, 2.24) is 5.32 Å². The number of rotatable bonds is 6. The average Bonchev–Trinajstić information content (AvgIpc) is 2.35. The van der Waals surface area contributed by atoms with Gasteiger partial charge in [0.1, 0.15) is 0 Å². The molecule has 1 aromatic carbocycles. The minimum Gasteiger partial charge on any atom is -0.399 e. The molecule has 1 amide bonds. The van der Waals surface area contributed by atoms with Gasteiger partial charge in [0.2, 0.25) is 5.91 Å². The third-order valence-electron chi connectivity index (χ3n) is 2.51. The summed E-state index contributed by atoms with van der Waals surface area (Å²) in [6, 6.07) is 7.62. The molecule has 0 aliphatic heterocycles. The standard InChI is InChI=1S/C14H20N2OS/c1-11(9-10-18-2)16-14(17)8-5-12-3-6-13(15)7-4-12/h3-8,11H,9-10,15H2,1-2H3,(H,16,17)/b8-5+. The highest BCUT2D eigenvalue weighted by Crippen LogP contribution is 2.07. The number of thioether (sulfide) groups is 1. The third-order valence-corrected chi connectivity index (χ3v) is 3.15. The molecule has 3 N–H and O–H groups in total. The number of anilines is 1. The van der Waals surface area contributed by atoms with Gasteiger partial charge in [-0.15, -0.1) is 0 Å². The van der Waals surface area contributed by atoms with E-state index >= 15 is 0 Å². The molecule has 18 heavy (non-hydrogen) atoms. The van der Waals surface area contributed by atoms with E-state index in [9.17, 15) is 4.79 Å². The smallest absolute Gasteiger partial charge is 0.244 e. The van der Waals surface area contributed by atoms with Crippen LogP contribution >= 0.6 is 11.8 Å². The number of nitrogen functional groups attached to an aromatic ring is 1. The van der Waals surface area contributed by atoms with Crippen LogP contribution in [0.2, 0.25) is 0 Å². The fourth-order valence-corrected chi connectivity index (χ4v) is 2.03. The molecular formula is C14H20N2OS. The Labute approximate surface area is 113 Å². The van der Waals surface area contributed by atoms with Gasteiger partial charge in [0.05, 0.1) is 0 Å². The molecule has 0 aliphatic carbocycles. The van der Waals surface area contributed by atoms with Gasteiger partial charge < -0.3 is 11.1 Å². The Kier molecular flexibility index (Phi) is 6.36. The third kappa shape index (κ3) is 5.77. The Morgan fingerprint density at radius 3 is 2.72 bits per heavy atom. The number of hydrogen-bond donors (Lipinski definition) is 2. The zero-order valence-corrected chi connectivity index (χ0v) is 11.7. The first-order valence-corrected chi connectivity index (χ1v) is 7.34. The van der Waals surface area contributed by atoms with Gasteiger partial charge >= 0.3 is 0 Å². The number of carbonyl (C=O) groups is 1. The predicted octanol–water partition coefficient (Wildman–Crippen LogP) is 2.54. The van der Waals surface area contributed by atoms with Crippen molar-refractivity contribution in [3.05, 3.63) is 35.9 Å². The zero-order valence-electron chi connectivity index (χ0n) is 10.8. The summed E-state index contributed by atoms with van der Waals surface area (Å²) >= 11 is 1.79. The van der Waals surface area contributed by atoms with Gasteiger partial charge in [0.25, 0.3) is 0 Å². The molecule has 0 fully saturated rings. The van der Waals surface area contributed by atoms with Crippen LogP contribution in [0, 0.1) is 0 Å². The van der Waals surface area contributed by atoms with E-state index in [4.69, 9.17) is 5.73 Å². The number of amides is 1. The summed E-state index contributed by atoms with van der Waals surface area (Å²) in [5, 5.41) is 2.93. The SMILES string of the molecule is CSCCC(C)NC(=O)/C=C/c1ccc(N)cc1. The van der Waals surface area contributed by atoms with Gasteiger partial charge in [-0.2, -0.15) is 11.8 Å². The average molecular weight is 264 g/mol. The summed E-state index contributed by atoms with van der Waals surface area (Å²) in [7, 11) is 0. The first-order chi connectivity index (χ1) is 8.61. The molecule has 1 unspecified atom stereocenters. The first kappa shape index (κ1) is 14.6. The van der Waals surface area contributed by atoms with E-state index in [2.05, 4.69) is 11.6 Å². The quantitative estimate of drug-likeness (QED) is 0.613. The predicted molar refractivity (Wildman–Crippen MR) is 80.5 cm³/mol. The Balaban J connectivity index is 2.41. The number of benzene rings is 1. The summed E-state index contributed by atoms with van der Waals surface area (Å²) in [6.07, 6.45) is 6.40. The van der Waals surface area contributed by atoms with Crippen molar-refractivity contribution in [3.63, 3.8) is 0 Å². The van der Waals surface area contributed by atoms with Crippen molar-refractivity contribution in [1.29, 1.82) is 0 Å². The monoisotopic (exact) mass is 264 g/mol. The van der Waals surface area contributed by atoms with E-state index in [1.807, 2.05) is 31.2 Å². The van der Waals surface area contributed by atoms with Crippen LogP contribution in [0.3, 0.4) is 0 Å². The Morgan fingerprint density at radius 2 is 2.11 bits per heavy atom. The van der Waals surface area contributed by atoms with E-state index in [0.717, 1.165) is 23.4 Å². The van der Waals surface area contributed by atoms with Crippen LogP contribution in [0.5, 0.6) is 0 Å². The van der Waals surface area contributed by atoms with Crippen molar-refractivity contribution in [2.24, 2.45) is 0 Å². The molecule has 4 heteroatoms. The number of carbonyl (C=O) groups excluding carboxylic acids is 1. The topological polar surface area (TPSA) is 55.1 Å². The molecule has 1 aromatic rings. The molecule has 98 valence electrons. The first-order valence-electron chi connectivity index (χ1n) is 5.95. The zero-order chi connectivity index (χ0) is 13.4. The van der Waals surface area contributed by atoms with Gasteiger partial charge in [-0.05, 0) is 49.1 Å². The summed E-state index contributed by atoms with van der Waals surface area (Å²) in [6.45, 7) is 2.02. The van der Waals surface area contributed by atoms with E-state index in [0.29, 0.717) is 0 Å². The number of nitrogens with one attached hydrogen (secondary N) is 1. The highest BCUT2D eigenvalue weighted by molar-refractivity contribution is 7.98. The molecule has 0 spiro atoms. The van der Waals surface area contributed by atoms with Crippen LogP contribution in [-0.2, 0) is 4.79 Å². The minimum absolute atomic E-state index is 0.0552. The lowest BCUT2D eigenvalue weighted by molar-refractivity contribution is -0.117. The Hall–Kier alpha value is -1.42. The van der Waals surface area contributed by atoms with Gasteiger partial charge in [-0.1, -0.05) is 12.1 Å². The molecule has 0 radical (unpaired) electrons. The second-order valence-electron chi connectivity index (χ2n) is 4.19. The van der Waals surface area contributed by atoms with Gasteiger partial charge in [0, 0.05) is 17.8 Å². The largest absolute Gasteiger partial charge is 0.399 e. The van der Waals surface area contributed by atoms with E-state index in [-0.39, 0.29) is 11.9 Å². The maximum atomic E-state index is 11.6. The van der Waals surface area contributed by atoms with Gasteiger partial charge in [0.15, 0.2) is 0 Å². The molecular weight excluding hydrogens is 244 g/mol. The molecule has 0 aromatic heterocycles. The minimum atomic E-state index is -0.0552. The molecule has 0 saturated heterocycles. The second kappa shape index (κ2) is 7.82. The Morgan fingerprint density at radius 1 is 1.44 bits per heavy atom. The summed E-state index contributed by atoms with van der Waals surface area (Å²) in [4.78, 5) is 11.6. The molecule has 0 bridgehead atoms. The molecule has 1 rings (SSSR count). The van der Waals surface area contributed by atoms with Crippen LogP contribution in [-0.4, -0.2) is 24.0 Å². The van der Waals surface area contributed by atoms with Gasteiger partial charge in [-0.25, -0.2) is 0 Å². The van der Waals surface area contributed by atoms with Crippen molar-refractivity contribution >= 4 is 29.4 Å². The second-order valence-corrected chi connectivity index (χ2v) is 5.18. The van der Waals surface area contributed by atoms with E-state index in [1.165, 1.54) is 0 Å². The lowest BCUT2D eigenvalue weighted by atomic mass is 10.2. The lowest BCUT2D eigenvalue weighted by Gasteiger charge is -2.11. The lowest BCUT2D eigenvalue weighted by Crippen LogP contribution is -2.31. The van der Waals surface area contributed by atoms with Crippen LogP contribution in [0.15, 0.2) is 30.3 Å². The van der Waals surface area contributed by atoms with E-state index in [1.54, 1.807) is 23.9 Å². The van der Waals surface area contributed by atoms with Gasteiger partial charge in [-0.3, -0.25) is 4.79 Å². The van der Waals surface area contributed by atoms with Crippen molar-refractivity contribution < 1.29 is 4.79 Å². The summed E-state index contributed by atoms with van der Waals surface area (Å²) in [5.74, 6) is 1.00. The molecule has 1 atom stereocenters. The number of hydrogen-bond acceptors (Lipinski definition) is 3. The molecule has 0 saturated carbocycles. The maximum Gasteiger partial charge on any atom is 0.244 e. The van der Waals surface area contributed by atoms with Crippen molar-refractivity contribution in [2.75, 3.05) is 17.7 Å². The van der Waals surface area contributed by atoms with Crippen molar-refractivity contribution in [2.45, 2.75) is 19.4 Å². The van der Waals surface area contributed by atoms with Crippen molar-refractivity contribution in [3.8, 4) is 0 Å². The normalized spacial score (nSPS) is 12.6. The Bertz CT molecular complexity index is 401. The van der Waals surface area contributed by atoms with Crippen LogP contribution < -0.4 is 11.1 Å². The van der Waals surface area contributed by atoms with Crippen LogP contribution in [0.4, 0.5) is 5.69 Å². The molecule has 0 aliphatic rings. The fourth-order valence-electron chi connectivity index (χ4n) is 1.44. The van der Waals surface area contributed by atoms with Crippen LogP contribution in [0.1, 0.15) is 18.9 Å². The number of nitrogens with two attached hydrogens (primary N) is 1. The van der Waals surface area contributed by atoms with E-state index < -0.39 is 0 Å². The highest BCUT2D eigenvalue weighted by atomic mass is 32.2.